The summed E-state index contributed by atoms with van der Waals surface area (Å²) in [5.74, 6) is 0.328. The molecule has 0 N–H and O–H groups in total. The van der Waals surface area contributed by atoms with E-state index in [2.05, 4.69) is 4.90 Å². The Morgan fingerprint density at radius 3 is 2.96 bits per heavy atom. The number of hydrogen-bond donors (Lipinski definition) is 0. The molecule has 1 aromatic heterocycles. The average molecular weight is 335 g/mol. The van der Waals surface area contributed by atoms with E-state index in [0.29, 0.717) is 24.1 Å². The van der Waals surface area contributed by atoms with Crippen LogP contribution in [0.4, 0.5) is 0 Å². The quantitative estimate of drug-likeness (QED) is 0.808. The number of carbonyl (C=O) groups is 1. The van der Waals surface area contributed by atoms with Crippen LogP contribution in [-0.2, 0) is 11.8 Å². The van der Waals surface area contributed by atoms with Crippen LogP contribution in [0.25, 0.3) is 10.9 Å². The molecular formula is C18H23ClN2O2. The predicted molar refractivity (Wildman–Crippen MR) is 93.2 cm³/mol. The van der Waals surface area contributed by atoms with Crippen LogP contribution in [-0.4, -0.2) is 41.2 Å². The molecule has 3 heterocycles. The van der Waals surface area contributed by atoms with Crippen LogP contribution in [0.15, 0.2) is 30.5 Å². The van der Waals surface area contributed by atoms with Gasteiger partial charge in [-0.15, -0.1) is 12.4 Å². The standard InChI is InChI=1S/C18H22N2O2.ClH/c1-19-11-15(14-5-2-3-6-17(14)19)18(21)22-12-13-8-10-20-9-4-7-16(13)20;/h2-3,5-6,11,13,16H,4,7-10,12H2,1H3;1H/t13-,16-;/m0./s1. The molecule has 5 heteroatoms. The second-order valence-corrected chi connectivity index (χ2v) is 6.56. The van der Waals surface area contributed by atoms with Crippen molar-refractivity contribution < 1.29 is 9.53 Å². The molecule has 1 aromatic carbocycles. The second kappa shape index (κ2) is 6.54. The van der Waals surface area contributed by atoms with Gasteiger partial charge in [0, 0.05) is 36.1 Å². The molecule has 124 valence electrons. The van der Waals surface area contributed by atoms with Crippen LogP contribution in [0.5, 0.6) is 0 Å². The number of halogens is 1. The van der Waals surface area contributed by atoms with Crippen molar-refractivity contribution in [2.24, 2.45) is 13.0 Å². The molecule has 0 aliphatic carbocycles. The molecule has 2 aliphatic rings. The molecule has 2 aliphatic heterocycles. The molecule has 2 atom stereocenters. The molecule has 0 bridgehead atoms. The van der Waals surface area contributed by atoms with Gasteiger partial charge >= 0.3 is 5.97 Å². The van der Waals surface area contributed by atoms with Gasteiger partial charge < -0.3 is 9.30 Å². The highest BCUT2D eigenvalue weighted by Crippen LogP contribution is 2.33. The molecule has 0 saturated carbocycles. The van der Waals surface area contributed by atoms with Crippen LogP contribution in [0.2, 0.25) is 0 Å². The topological polar surface area (TPSA) is 34.5 Å². The van der Waals surface area contributed by atoms with E-state index < -0.39 is 0 Å². The van der Waals surface area contributed by atoms with E-state index in [9.17, 15) is 4.79 Å². The van der Waals surface area contributed by atoms with Crippen molar-refractivity contribution in [1.82, 2.24) is 9.47 Å². The Morgan fingerprint density at radius 1 is 1.26 bits per heavy atom. The maximum Gasteiger partial charge on any atom is 0.340 e. The van der Waals surface area contributed by atoms with Gasteiger partial charge in [0.05, 0.1) is 12.2 Å². The van der Waals surface area contributed by atoms with Crippen molar-refractivity contribution in [1.29, 1.82) is 0 Å². The third-order valence-corrected chi connectivity index (χ3v) is 5.29. The fourth-order valence-electron chi connectivity index (χ4n) is 4.15. The van der Waals surface area contributed by atoms with Crippen LogP contribution in [0.3, 0.4) is 0 Å². The Hall–Kier alpha value is -1.52. The number of benzene rings is 1. The lowest BCUT2D eigenvalue weighted by atomic mass is 9.99. The maximum absolute atomic E-state index is 12.5. The molecule has 0 unspecified atom stereocenters. The summed E-state index contributed by atoms with van der Waals surface area (Å²) in [5, 5.41) is 0.976. The minimum absolute atomic E-state index is 0. The van der Waals surface area contributed by atoms with E-state index in [0.717, 1.165) is 17.3 Å². The molecule has 2 saturated heterocycles. The molecule has 2 aromatic rings. The molecule has 0 radical (unpaired) electrons. The minimum atomic E-state index is -0.187. The minimum Gasteiger partial charge on any atom is -0.462 e. The number of ether oxygens (including phenoxy) is 1. The van der Waals surface area contributed by atoms with Gasteiger partial charge in [-0.25, -0.2) is 4.79 Å². The molecule has 0 spiro atoms. The predicted octanol–water partition coefficient (Wildman–Crippen LogP) is 3.24. The first kappa shape index (κ1) is 16.3. The number of hydrogen-bond acceptors (Lipinski definition) is 3. The Kier molecular flexibility index (Phi) is 4.64. The fourth-order valence-corrected chi connectivity index (χ4v) is 4.15. The van der Waals surface area contributed by atoms with E-state index in [4.69, 9.17) is 4.74 Å². The van der Waals surface area contributed by atoms with Gasteiger partial charge in [-0.05, 0) is 38.4 Å². The Morgan fingerprint density at radius 2 is 2.09 bits per heavy atom. The van der Waals surface area contributed by atoms with Crippen molar-refractivity contribution >= 4 is 29.3 Å². The van der Waals surface area contributed by atoms with Crippen molar-refractivity contribution in [3.05, 3.63) is 36.0 Å². The monoisotopic (exact) mass is 334 g/mol. The lowest BCUT2D eigenvalue weighted by Crippen LogP contribution is -2.28. The third kappa shape index (κ3) is 2.86. The summed E-state index contributed by atoms with van der Waals surface area (Å²) in [5.41, 5.74) is 1.75. The number of rotatable bonds is 3. The SMILES string of the molecule is Cl.Cn1cc(C(=O)OC[C@@H]2CCN3CCC[C@@H]23)c2ccccc21. The summed E-state index contributed by atoms with van der Waals surface area (Å²) in [4.78, 5) is 15.0. The van der Waals surface area contributed by atoms with Crippen LogP contribution in [0.1, 0.15) is 29.6 Å². The first-order valence-electron chi connectivity index (χ1n) is 8.19. The van der Waals surface area contributed by atoms with E-state index >= 15 is 0 Å². The number of aromatic nitrogens is 1. The van der Waals surface area contributed by atoms with E-state index in [1.54, 1.807) is 0 Å². The first-order chi connectivity index (χ1) is 10.7. The van der Waals surface area contributed by atoms with Gasteiger partial charge in [0.1, 0.15) is 0 Å². The smallest absolute Gasteiger partial charge is 0.340 e. The summed E-state index contributed by atoms with van der Waals surface area (Å²) >= 11 is 0. The maximum atomic E-state index is 12.5. The summed E-state index contributed by atoms with van der Waals surface area (Å²) in [6, 6.07) is 8.61. The van der Waals surface area contributed by atoms with Crippen LogP contribution in [0, 0.1) is 5.92 Å². The van der Waals surface area contributed by atoms with Gasteiger partial charge in [-0.1, -0.05) is 18.2 Å². The zero-order chi connectivity index (χ0) is 15.1. The molecule has 4 rings (SSSR count). The van der Waals surface area contributed by atoms with Crippen molar-refractivity contribution in [3.8, 4) is 0 Å². The first-order valence-corrected chi connectivity index (χ1v) is 8.19. The summed E-state index contributed by atoms with van der Waals surface area (Å²) in [6.45, 7) is 2.95. The van der Waals surface area contributed by atoms with Gasteiger partial charge in [0.2, 0.25) is 0 Å². The Bertz CT molecular complexity index is 712. The summed E-state index contributed by atoms with van der Waals surface area (Å²) in [6.07, 6.45) is 5.59. The largest absolute Gasteiger partial charge is 0.462 e. The highest BCUT2D eigenvalue weighted by Gasteiger charge is 2.37. The molecular weight excluding hydrogens is 312 g/mol. The third-order valence-electron chi connectivity index (χ3n) is 5.29. The summed E-state index contributed by atoms with van der Waals surface area (Å²) in [7, 11) is 1.96. The highest BCUT2D eigenvalue weighted by atomic mass is 35.5. The lowest BCUT2D eigenvalue weighted by Gasteiger charge is -2.19. The van der Waals surface area contributed by atoms with Crippen LogP contribution < -0.4 is 0 Å². The number of fused-ring (bicyclic) bond motifs is 2. The lowest BCUT2D eigenvalue weighted by molar-refractivity contribution is 0.0421. The zero-order valence-corrected chi connectivity index (χ0v) is 14.2. The van der Waals surface area contributed by atoms with Crippen molar-refractivity contribution in [3.63, 3.8) is 0 Å². The van der Waals surface area contributed by atoms with Gasteiger partial charge in [0.25, 0.3) is 0 Å². The zero-order valence-electron chi connectivity index (χ0n) is 13.4. The van der Waals surface area contributed by atoms with E-state index in [1.807, 2.05) is 42.1 Å². The van der Waals surface area contributed by atoms with Gasteiger partial charge in [-0.2, -0.15) is 0 Å². The molecule has 23 heavy (non-hydrogen) atoms. The van der Waals surface area contributed by atoms with E-state index in [1.165, 1.54) is 25.9 Å². The highest BCUT2D eigenvalue weighted by molar-refractivity contribution is 6.04. The van der Waals surface area contributed by atoms with Gasteiger partial charge in [-0.3, -0.25) is 4.90 Å². The molecule has 4 nitrogen and oxygen atoms in total. The number of esters is 1. The Labute approximate surface area is 142 Å². The van der Waals surface area contributed by atoms with Crippen molar-refractivity contribution in [2.75, 3.05) is 19.7 Å². The van der Waals surface area contributed by atoms with Gasteiger partial charge in [0.15, 0.2) is 0 Å². The van der Waals surface area contributed by atoms with E-state index in [-0.39, 0.29) is 18.4 Å². The number of para-hydroxylation sites is 1. The normalized spacial score (nSPS) is 23.7. The Balaban J connectivity index is 0.00000156. The van der Waals surface area contributed by atoms with Crippen LogP contribution >= 0.6 is 12.4 Å². The average Bonchev–Trinajstić information content (AvgIpc) is 3.21. The second-order valence-electron chi connectivity index (χ2n) is 6.56. The fraction of sp³-hybridized carbons (Fsp3) is 0.500. The number of nitrogens with zero attached hydrogens (tertiary/aromatic N) is 2. The number of aryl methyl sites for hydroxylation is 1. The number of carbonyl (C=O) groups excluding carboxylic acids is 1. The molecule has 2 fully saturated rings. The summed E-state index contributed by atoms with van der Waals surface area (Å²) < 4.78 is 7.65. The molecule has 0 amide bonds. The van der Waals surface area contributed by atoms with Crippen molar-refractivity contribution in [2.45, 2.75) is 25.3 Å².